The molecule has 0 saturated carbocycles. The third-order valence-electron chi connectivity index (χ3n) is 2.04. The molecule has 0 nitrogen and oxygen atoms in total. The van der Waals surface area contributed by atoms with Crippen molar-refractivity contribution in [1.82, 2.24) is 0 Å². The van der Waals surface area contributed by atoms with Crippen molar-refractivity contribution in [3.63, 3.8) is 0 Å². The second kappa shape index (κ2) is 4.28. The minimum Gasteiger partial charge on any atom is -0.0663 e. The molecule has 1 rings (SSSR count). The van der Waals surface area contributed by atoms with E-state index in [1.54, 1.807) is 11.1 Å². The SMILES string of the molecule is CCC1=CC(C)=C(C)C1.[Zr]. The van der Waals surface area contributed by atoms with Gasteiger partial charge in [0, 0.05) is 26.2 Å². The average Bonchev–Trinajstić information content (AvgIpc) is 2.13. The van der Waals surface area contributed by atoms with Crippen molar-refractivity contribution in [3.8, 4) is 0 Å². The summed E-state index contributed by atoms with van der Waals surface area (Å²) in [6, 6.07) is 0. The second-order valence-electron chi connectivity index (χ2n) is 2.80. The molecule has 1 aliphatic carbocycles. The van der Waals surface area contributed by atoms with E-state index in [-0.39, 0.29) is 26.2 Å². The minimum atomic E-state index is 0. The van der Waals surface area contributed by atoms with E-state index in [9.17, 15) is 0 Å². The van der Waals surface area contributed by atoms with Gasteiger partial charge in [-0.2, -0.15) is 0 Å². The first-order valence-corrected chi connectivity index (χ1v) is 3.60. The Morgan fingerprint density at radius 2 is 2.00 bits per heavy atom. The molecule has 0 aromatic rings. The number of rotatable bonds is 1. The van der Waals surface area contributed by atoms with E-state index in [0.29, 0.717) is 0 Å². The third-order valence-corrected chi connectivity index (χ3v) is 2.04. The van der Waals surface area contributed by atoms with Crippen LogP contribution in [0.25, 0.3) is 0 Å². The third kappa shape index (κ3) is 2.20. The molecular formula is C9H14Zr. The van der Waals surface area contributed by atoms with Gasteiger partial charge in [-0.1, -0.05) is 29.7 Å². The van der Waals surface area contributed by atoms with E-state index in [4.69, 9.17) is 0 Å². The molecule has 0 fully saturated rings. The first-order chi connectivity index (χ1) is 4.24. The van der Waals surface area contributed by atoms with E-state index in [1.165, 1.54) is 18.4 Å². The molecule has 10 heavy (non-hydrogen) atoms. The van der Waals surface area contributed by atoms with Crippen LogP contribution in [-0.2, 0) is 26.2 Å². The summed E-state index contributed by atoms with van der Waals surface area (Å²) in [5.74, 6) is 0. The van der Waals surface area contributed by atoms with Gasteiger partial charge in [-0.15, -0.1) is 0 Å². The Hall–Kier alpha value is 0.363. The van der Waals surface area contributed by atoms with Gasteiger partial charge in [0.25, 0.3) is 0 Å². The molecule has 0 bridgehead atoms. The maximum atomic E-state index is 2.31. The molecule has 0 N–H and O–H groups in total. The Morgan fingerprint density at radius 3 is 2.20 bits per heavy atom. The van der Waals surface area contributed by atoms with E-state index >= 15 is 0 Å². The standard InChI is InChI=1S/C9H14.Zr/c1-4-9-5-7(2)8(3)6-9;/h5H,4,6H2,1-3H3;. The predicted octanol–water partition coefficient (Wildman–Crippen LogP) is 3.06. The zero-order chi connectivity index (χ0) is 6.85. The van der Waals surface area contributed by atoms with Crippen molar-refractivity contribution in [3.05, 3.63) is 22.8 Å². The Morgan fingerprint density at radius 1 is 1.40 bits per heavy atom. The Labute approximate surface area is 82.5 Å². The summed E-state index contributed by atoms with van der Waals surface area (Å²) in [6.07, 6.45) is 4.76. The van der Waals surface area contributed by atoms with Crippen LogP contribution >= 0.6 is 0 Å². The van der Waals surface area contributed by atoms with E-state index in [1.807, 2.05) is 0 Å². The summed E-state index contributed by atoms with van der Waals surface area (Å²) in [5, 5.41) is 0. The molecule has 0 aromatic carbocycles. The zero-order valence-electron chi connectivity index (χ0n) is 6.99. The van der Waals surface area contributed by atoms with Crippen LogP contribution in [0.1, 0.15) is 33.6 Å². The van der Waals surface area contributed by atoms with Crippen LogP contribution in [0.3, 0.4) is 0 Å². The molecule has 0 radical (unpaired) electrons. The molecule has 1 heteroatoms. The maximum absolute atomic E-state index is 2.31. The van der Waals surface area contributed by atoms with Crippen LogP contribution in [0.2, 0.25) is 0 Å². The van der Waals surface area contributed by atoms with Gasteiger partial charge in [0.05, 0.1) is 0 Å². The fourth-order valence-electron chi connectivity index (χ4n) is 1.19. The Balaban J connectivity index is 0.000000810. The molecular weight excluding hydrogens is 199 g/mol. The molecule has 0 atom stereocenters. The fourth-order valence-corrected chi connectivity index (χ4v) is 1.19. The van der Waals surface area contributed by atoms with Gasteiger partial charge in [-0.3, -0.25) is 0 Å². The largest absolute Gasteiger partial charge is 0.0663 e. The predicted molar refractivity (Wildman–Crippen MR) is 41.4 cm³/mol. The van der Waals surface area contributed by atoms with Crippen LogP contribution in [0, 0.1) is 0 Å². The molecule has 54 valence electrons. The molecule has 0 spiro atoms. The van der Waals surface area contributed by atoms with E-state index in [0.717, 1.165) is 0 Å². The Bertz CT molecular complexity index is 175. The Kier molecular flexibility index (Phi) is 4.44. The van der Waals surface area contributed by atoms with Crippen LogP contribution in [0.15, 0.2) is 22.8 Å². The summed E-state index contributed by atoms with van der Waals surface area (Å²) in [6.45, 7) is 6.63. The first kappa shape index (κ1) is 10.4. The van der Waals surface area contributed by atoms with Crippen molar-refractivity contribution >= 4 is 0 Å². The van der Waals surface area contributed by atoms with Crippen molar-refractivity contribution in [1.29, 1.82) is 0 Å². The number of allylic oxidation sites excluding steroid dienone is 4. The van der Waals surface area contributed by atoms with E-state index in [2.05, 4.69) is 26.8 Å². The second-order valence-corrected chi connectivity index (χ2v) is 2.80. The molecule has 0 unspecified atom stereocenters. The average molecular weight is 213 g/mol. The quantitative estimate of drug-likeness (QED) is 0.628. The van der Waals surface area contributed by atoms with Gasteiger partial charge < -0.3 is 0 Å². The molecule has 1 aliphatic rings. The smallest absolute Gasteiger partial charge is 0 e. The van der Waals surface area contributed by atoms with Crippen LogP contribution in [-0.4, -0.2) is 0 Å². The first-order valence-electron chi connectivity index (χ1n) is 3.60. The molecule has 0 heterocycles. The zero-order valence-corrected chi connectivity index (χ0v) is 9.45. The van der Waals surface area contributed by atoms with Gasteiger partial charge in [0.15, 0.2) is 0 Å². The van der Waals surface area contributed by atoms with Gasteiger partial charge in [-0.05, 0) is 26.7 Å². The van der Waals surface area contributed by atoms with Gasteiger partial charge in [-0.25, -0.2) is 0 Å². The van der Waals surface area contributed by atoms with Crippen molar-refractivity contribution in [2.45, 2.75) is 33.6 Å². The number of hydrogen-bond acceptors (Lipinski definition) is 0. The van der Waals surface area contributed by atoms with Gasteiger partial charge in [0.1, 0.15) is 0 Å². The molecule has 0 aliphatic heterocycles. The summed E-state index contributed by atoms with van der Waals surface area (Å²) in [4.78, 5) is 0. The maximum Gasteiger partial charge on any atom is 0 e. The van der Waals surface area contributed by atoms with Crippen LogP contribution < -0.4 is 0 Å². The topological polar surface area (TPSA) is 0 Å². The van der Waals surface area contributed by atoms with Gasteiger partial charge in [0.2, 0.25) is 0 Å². The van der Waals surface area contributed by atoms with Crippen LogP contribution in [0.5, 0.6) is 0 Å². The van der Waals surface area contributed by atoms with Crippen molar-refractivity contribution in [2.24, 2.45) is 0 Å². The van der Waals surface area contributed by atoms with Crippen LogP contribution in [0.4, 0.5) is 0 Å². The van der Waals surface area contributed by atoms with E-state index < -0.39 is 0 Å². The van der Waals surface area contributed by atoms with Gasteiger partial charge >= 0.3 is 0 Å². The fraction of sp³-hybridized carbons (Fsp3) is 0.556. The normalized spacial score (nSPS) is 16.9. The minimum absolute atomic E-state index is 0. The monoisotopic (exact) mass is 212 g/mol. The number of hydrogen-bond donors (Lipinski definition) is 0. The summed E-state index contributed by atoms with van der Waals surface area (Å²) < 4.78 is 0. The summed E-state index contributed by atoms with van der Waals surface area (Å²) in [7, 11) is 0. The van der Waals surface area contributed by atoms with Crippen molar-refractivity contribution < 1.29 is 26.2 Å². The molecule has 0 amide bonds. The van der Waals surface area contributed by atoms with Crippen molar-refractivity contribution in [2.75, 3.05) is 0 Å². The summed E-state index contributed by atoms with van der Waals surface area (Å²) >= 11 is 0. The summed E-state index contributed by atoms with van der Waals surface area (Å²) in [5.41, 5.74) is 4.61. The molecule has 0 aromatic heterocycles. The molecule has 0 saturated heterocycles.